The zero-order valence-corrected chi connectivity index (χ0v) is 12.9. The molecule has 0 saturated heterocycles. The molecular weight excluding hydrogens is 272 g/mol. The molecule has 0 aromatic heterocycles. The molecule has 20 heavy (non-hydrogen) atoms. The first-order valence-corrected chi connectivity index (χ1v) is 8.92. The van der Waals surface area contributed by atoms with Gasteiger partial charge in [-0.25, -0.2) is 13.1 Å². The molecule has 0 radical (unpaired) electrons. The zero-order valence-electron chi connectivity index (χ0n) is 12.1. The van der Waals surface area contributed by atoms with Crippen molar-refractivity contribution in [1.82, 2.24) is 10.0 Å². The Morgan fingerprint density at radius 1 is 1.15 bits per heavy atom. The van der Waals surface area contributed by atoms with Crippen LogP contribution in [0, 0.1) is 0 Å². The predicted molar refractivity (Wildman–Crippen MR) is 81.3 cm³/mol. The summed E-state index contributed by atoms with van der Waals surface area (Å²) in [4.78, 5) is 0.354. The standard InChI is InChI=1S/C15H24N2O2S/c1-2-4-13-5-9-15(10-6-13)20(18,19)17-12-3-11-16-14-7-8-14/h5-6,9-10,14,16-17H,2-4,7-8,11-12H2,1H3. The number of hydrogen-bond acceptors (Lipinski definition) is 3. The van der Waals surface area contributed by atoms with Gasteiger partial charge in [-0.3, -0.25) is 0 Å². The van der Waals surface area contributed by atoms with E-state index in [9.17, 15) is 8.42 Å². The van der Waals surface area contributed by atoms with Gasteiger partial charge < -0.3 is 5.32 Å². The first-order valence-electron chi connectivity index (χ1n) is 7.44. The highest BCUT2D eigenvalue weighted by Crippen LogP contribution is 2.18. The molecule has 1 aliphatic rings. The highest BCUT2D eigenvalue weighted by molar-refractivity contribution is 7.89. The van der Waals surface area contributed by atoms with E-state index in [0.717, 1.165) is 25.8 Å². The number of rotatable bonds is 9. The summed E-state index contributed by atoms with van der Waals surface area (Å²) in [5.74, 6) is 0. The third-order valence-electron chi connectivity index (χ3n) is 3.43. The van der Waals surface area contributed by atoms with Gasteiger partial charge in [-0.15, -0.1) is 0 Å². The van der Waals surface area contributed by atoms with E-state index < -0.39 is 10.0 Å². The Hall–Kier alpha value is -0.910. The van der Waals surface area contributed by atoms with Crippen molar-refractivity contribution < 1.29 is 8.42 Å². The average Bonchev–Trinajstić information content (AvgIpc) is 3.23. The highest BCUT2D eigenvalue weighted by atomic mass is 32.2. The van der Waals surface area contributed by atoms with E-state index in [1.807, 2.05) is 12.1 Å². The maximum absolute atomic E-state index is 12.1. The van der Waals surface area contributed by atoms with Crippen molar-refractivity contribution in [3.8, 4) is 0 Å². The Morgan fingerprint density at radius 3 is 2.45 bits per heavy atom. The van der Waals surface area contributed by atoms with Crippen LogP contribution in [-0.4, -0.2) is 27.5 Å². The van der Waals surface area contributed by atoms with Crippen LogP contribution in [0.5, 0.6) is 0 Å². The topological polar surface area (TPSA) is 58.2 Å². The highest BCUT2D eigenvalue weighted by Gasteiger charge is 2.19. The van der Waals surface area contributed by atoms with E-state index in [-0.39, 0.29) is 0 Å². The second-order valence-electron chi connectivity index (χ2n) is 5.37. The van der Waals surface area contributed by atoms with E-state index in [0.29, 0.717) is 17.5 Å². The fourth-order valence-electron chi connectivity index (χ4n) is 2.10. The van der Waals surface area contributed by atoms with Gasteiger partial charge in [0.05, 0.1) is 4.90 Å². The van der Waals surface area contributed by atoms with Crippen LogP contribution in [-0.2, 0) is 16.4 Å². The third kappa shape index (κ3) is 4.89. The monoisotopic (exact) mass is 296 g/mol. The lowest BCUT2D eigenvalue weighted by atomic mass is 10.1. The van der Waals surface area contributed by atoms with Gasteiger partial charge in [0.25, 0.3) is 0 Å². The molecule has 1 aromatic rings. The van der Waals surface area contributed by atoms with Crippen LogP contribution in [0.15, 0.2) is 29.2 Å². The van der Waals surface area contributed by atoms with Crippen LogP contribution >= 0.6 is 0 Å². The van der Waals surface area contributed by atoms with Crippen LogP contribution in [0.25, 0.3) is 0 Å². The lowest BCUT2D eigenvalue weighted by Crippen LogP contribution is -2.28. The summed E-state index contributed by atoms with van der Waals surface area (Å²) in [7, 11) is -3.35. The minimum Gasteiger partial charge on any atom is -0.314 e. The van der Waals surface area contributed by atoms with Crippen molar-refractivity contribution in [2.24, 2.45) is 0 Å². The number of sulfonamides is 1. The van der Waals surface area contributed by atoms with Gasteiger partial charge in [0, 0.05) is 12.6 Å². The Morgan fingerprint density at radius 2 is 1.85 bits per heavy atom. The van der Waals surface area contributed by atoms with Gasteiger partial charge in [0.1, 0.15) is 0 Å². The molecule has 0 atom stereocenters. The van der Waals surface area contributed by atoms with E-state index >= 15 is 0 Å². The molecule has 1 aliphatic carbocycles. The van der Waals surface area contributed by atoms with Gasteiger partial charge in [-0.1, -0.05) is 25.5 Å². The van der Waals surface area contributed by atoms with Crippen molar-refractivity contribution in [3.05, 3.63) is 29.8 Å². The van der Waals surface area contributed by atoms with Gasteiger partial charge in [0.2, 0.25) is 10.0 Å². The summed E-state index contributed by atoms with van der Waals surface area (Å²) in [5.41, 5.74) is 1.18. The van der Waals surface area contributed by atoms with Crippen molar-refractivity contribution in [3.63, 3.8) is 0 Å². The van der Waals surface area contributed by atoms with Crippen molar-refractivity contribution in [2.75, 3.05) is 13.1 Å². The number of aryl methyl sites for hydroxylation is 1. The molecule has 5 heteroatoms. The van der Waals surface area contributed by atoms with Gasteiger partial charge in [0.15, 0.2) is 0 Å². The summed E-state index contributed by atoms with van der Waals surface area (Å²) in [6.45, 7) is 3.48. The number of benzene rings is 1. The molecule has 0 heterocycles. The average molecular weight is 296 g/mol. The van der Waals surface area contributed by atoms with Crippen LogP contribution in [0.1, 0.15) is 38.2 Å². The summed E-state index contributed by atoms with van der Waals surface area (Å²) in [5, 5.41) is 3.37. The smallest absolute Gasteiger partial charge is 0.240 e. The van der Waals surface area contributed by atoms with E-state index in [4.69, 9.17) is 0 Å². The lowest BCUT2D eigenvalue weighted by Gasteiger charge is -2.08. The second-order valence-corrected chi connectivity index (χ2v) is 7.14. The van der Waals surface area contributed by atoms with E-state index in [2.05, 4.69) is 17.0 Å². The van der Waals surface area contributed by atoms with Crippen molar-refractivity contribution in [1.29, 1.82) is 0 Å². The van der Waals surface area contributed by atoms with Gasteiger partial charge in [-0.2, -0.15) is 0 Å². The Balaban J connectivity index is 1.78. The normalized spacial score (nSPS) is 15.4. The van der Waals surface area contributed by atoms with Crippen LogP contribution in [0.2, 0.25) is 0 Å². The van der Waals surface area contributed by atoms with E-state index in [1.165, 1.54) is 18.4 Å². The molecule has 2 rings (SSSR count). The molecule has 1 fully saturated rings. The Labute approximate surface area is 122 Å². The minimum absolute atomic E-state index is 0.354. The van der Waals surface area contributed by atoms with Crippen LogP contribution < -0.4 is 10.0 Å². The number of nitrogens with one attached hydrogen (secondary N) is 2. The van der Waals surface area contributed by atoms with Crippen molar-refractivity contribution in [2.45, 2.75) is 50.0 Å². The number of hydrogen-bond donors (Lipinski definition) is 2. The van der Waals surface area contributed by atoms with Crippen LogP contribution in [0.4, 0.5) is 0 Å². The predicted octanol–water partition coefficient (Wildman–Crippen LogP) is 2.06. The minimum atomic E-state index is -3.35. The van der Waals surface area contributed by atoms with Crippen molar-refractivity contribution >= 4 is 10.0 Å². The largest absolute Gasteiger partial charge is 0.314 e. The molecule has 0 aliphatic heterocycles. The molecule has 4 nitrogen and oxygen atoms in total. The van der Waals surface area contributed by atoms with Gasteiger partial charge in [-0.05, 0) is 49.9 Å². The summed E-state index contributed by atoms with van der Waals surface area (Å²) >= 11 is 0. The first kappa shape index (κ1) is 15.5. The maximum atomic E-state index is 12.1. The summed E-state index contributed by atoms with van der Waals surface area (Å²) in [6.07, 6.45) is 5.40. The fraction of sp³-hybridized carbons (Fsp3) is 0.600. The fourth-order valence-corrected chi connectivity index (χ4v) is 3.17. The molecule has 0 bridgehead atoms. The third-order valence-corrected chi connectivity index (χ3v) is 4.91. The second kappa shape index (κ2) is 7.20. The lowest BCUT2D eigenvalue weighted by molar-refractivity contribution is 0.573. The van der Waals surface area contributed by atoms with Gasteiger partial charge >= 0.3 is 0 Å². The molecule has 0 amide bonds. The molecule has 1 saturated carbocycles. The summed E-state index contributed by atoms with van der Waals surface area (Å²) < 4.78 is 26.8. The quantitative estimate of drug-likeness (QED) is 0.686. The Bertz CT molecular complexity index is 507. The maximum Gasteiger partial charge on any atom is 0.240 e. The molecule has 0 unspecified atom stereocenters. The van der Waals surface area contributed by atoms with E-state index in [1.54, 1.807) is 12.1 Å². The van der Waals surface area contributed by atoms with Crippen LogP contribution in [0.3, 0.4) is 0 Å². The first-order chi connectivity index (χ1) is 9.62. The summed E-state index contributed by atoms with van der Waals surface area (Å²) in [6, 6.07) is 7.85. The zero-order chi connectivity index (χ0) is 14.4. The molecule has 112 valence electrons. The Kier molecular flexibility index (Phi) is 5.57. The molecular formula is C15H24N2O2S. The molecule has 2 N–H and O–H groups in total. The SMILES string of the molecule is CCCc1ccc(S(=O)(=O)NCCCNC2CC2)cc1. The molecule has 1 aromatic carbocycles. The molecule has 0 spiro atoms.